The Hall–Kier alpha value is -1.08. The van der Waals surface area contributed by atoms with Gasteiger partial charge in [0.1, 0.15) is 0 Å². The molecule has 0 radical (unpaired) electrons. The van der Waals surface area contributed by atoms with Gasteiger partial charge in [-0.15, -0.1) is 0 Å². The summed E-state index contributed by atoms with van der Waals surface area (Å²) in [6, 6.07) is 10.6. The lowest BCUT2D eigenvalue weighted by Crippen LogP contribution is -2.53. The van der Waals surface area contributed by atoms with Gasteiger partial charge >= 0.3 is 0 Å². The fraction of sp³-hybridized carbons (Fsp3) is 0.692. The van der Waals surface area contributed by atoms with Gasteiger partial charge in [-0.2, -0.15) is 0 Å². The fourth-order valence-corrected chi connectivity index (χ4v) is 8.06. The van der Waals surface area contributed by atoms with E-state index in [0.29, 0.717) is 11.3 Å². The van der Waals surface area contributed by atoms with E-state index in [9.17, 15) is 5.11 Å². The molecule has 1 N–H and O–H groups in total. The van der Waals surface area contributed by atoms with E-state index in [4.69, 9.17) is 0 Å². The van der Waals surface area contributed by atoms with Gasteiger partial charge in [-0.25, -0.2) is 0 Å². The molecule has 27 heavy (non-hydrogen) atoms. The summed E-state index contributed by atoms with van der Waals surface area (Å²) < 4.78 is 0. The minimum Gasteiger partial charge on any atom is -0.388 e. The number of hydrogen-bond donors (Lipinski definition) is 1. The van der Waals surface area contributed by atoms with E-state index in [-0.39, 0.29) is 11.5 Å². The molecule has 1 aromatic carbocycles. The molecule has 4 aliphatic rings. The van der Waals surface area contributed by atoms with Gasteiger partial charge in [-0.3, -0.25) is 0 Å². The highest BCUT2D eigenvalue weighted by atomic mass is 16.3. The van der Waals surface area contributed by atoms with Gasteiger partial charge < -0.3 is 5.11 Å². The van der Waals surface area contributed by atoms with Crippen molar-refractivity contribution in [3.63, 3.8) is 0 Å². The Morgan fingerprint density at radius 3 is 2.52 bits per heavy atom. The van der Waals surface area contributed by atoms with Crippen LogP contribution in [0.15, 0.2) is 35.9 Å². The summed E-state index contributed by atoms with van der Waals surface area (Å²) in [5.41, 5.74) is 3.22. The lowest BCUT2D eigenvalue weighted by molar-refractivity contribution is -0.119. The Morgan fingerprint density at radius 2 is 1.70 bits per heavy atom. The molecule has 1 nitrogen and oxygen atoms in total. The van der Waals surface area contributed by atoms with E-state index < -0.39 is 0 Å². The highest BCUT2D eigenvalue weighted by Gasteiger charge is 2.60. The zero-order chi connectivity index (χ0) is 18.6. The average Bonchev–Trinajstić information content (AvgIpc) is 2.93. The van der Waals surface area contributed by atoms with Gasteiger partial charge in [-0.1, -0.05) is 63.1 Å². The lowest BCUT2D eigenvalue weighted by Gasteiger charge is -2.60. The Balaban J connectivity index is 1.46. The fourth-order valence-electron chi connectivity index (χ4n) is 8.06. The first-order chi connectivity index (χ1) is 13.0. The van der Waals surface area contributed by atoms with Gasteiger partial charge in [0.05, 0.1) is 6.10 Å². The molecule has 5 rings (SSSR count). The summed E-state index contributed by atoms with van der Waals surface area (Å²) in [4.78, 5) is 0. The van der Waals surface area contributed by atoms with Crippen LogP contribution in [0, 0.1) is 34.5 Å². The summed E-state index contributed by atoms with van der Waals surface area (Å²) in [5.74, 6) is 3.39. The summed E-state index contributed by atoms with van der Waals surface area (Å²) >= 11 is 0. The third-order valence-electron chi connectivity index (χ3n) is 9.60. The van der Waals surface area contributed by atoms with Crippen LogP contribution in [0.3, 0.4) is 0 Å². The van der Waals surface area contributed by atoms with Crippen LogP contribution in [0.5, 0.6) is 0 Å². The highest BCUT2D eigenvalue weighted by Crippen LogP contribution is 2.67. The van der Waals surface area contributed by atoms with Crippen LogP contribution < -0.4 is 0 Å². The van der Waals surface area contributed by atoms with Gasteiger partial charge in [0, 0.05) is 5.41 Å². The first kappa shape index (κ1) is 18.0. The Kier molecular flexibility index (Phi) is 4.31. The quantitative estimate of drug-likeness (QED) is 0.605. The van der Waals surface area contributed by atoms with Crippen molar-refractivity contribution in [2.24, 2.45) is 34.5 Å². The summed E-state index contributed by atoms with van der Waals surface area (Å²) in [5, 5.41) is 11.3. The smallest absolute Gasteiger partial charge is 0.0809 e. The maximum atomic E-state index is 11.3. The molecule has 146 valence electrons. The van der Waals surface area contributed by atoms with Crippen LogP contribution in [0.4, 0.5) is 0 Å². The third-order valence-corrected chi connectivity index (χ3v) is 9.60. The largest absolute Gasteiger partial charge is 0.388 e. The zero-order valence-corrected chi connectivity index (χ0v) is 17.2. The molecule has 0 aliphatic heterocycles. The molecule has 0 saturated heterocycles. The topological polar surface area (TPSA) is 20.2 Å². The number of fused-ring (bicyclic) bond motifs is 5. The predicted molar refractivity (Wildman–Crippen MR) is 112 cm³/mol. The van der Waals surface area contributed by atoms with E-state index in [1.54, 1.807) is 0 Å². The van der Waals surface area contributed by atoms with Crippen LogP contribution >= 0.6 is 0 Å². The van der Waals surface area contributed by atoms with Gasteiger partial charge in [0.15, 0.2) is 0 Å². The molecule has 0 unspecified atom stereocenters. The molecule has 0 amide bonds. The second kappa shape index (κ2) is 6.48. The molecule has 0 aromatic heterocycles. The second-order valence-corrected chi connectivity index (χ2v) is 10.7. The molecule has 4 fully saturated rings. The Bertz CT molecular complexity index is 721. The maximum absolute atomic E-state index is 11.3. The third kappa shape index (κ3) is 2.68. The van der Waals surface area contributed by atoms with Crippen molar-refractivity contribution in [1.82, 2.24) is 0 Å². The molecule has 7 atom stereocenters. The molecule has 1 heteroatoms. The summed E-state index contributed by atoms with van der Waals surface area (Å²) in [6.45, 7) is 5.04. The van der Waals surface area contributed by atoms with Crippen molar-refractivity contribution in [2.45, 2.75) is 77.7 Å². The normalized spacial score (nSPS) is 48.0. The van der Waals surface area contributed by atoms with E-state index in [1.165, 1.54) is 62.5 Å². The standard InChI is InChI=1S/C26H36O/c1-25-14-7-6-10-20(25)11-12-21-22(25)13-15-26(2)23(21)17-19(24(26)27)16-18-8-4-3-5-9-18/h3-5,8-9,16,20-24,27H,6-7,10-15,17H2,1-2H3/b19-16+/t20-,21-,22+,23+,24+,25+,26+/m1/s1. The van der Waals surface area contributed by atoms with Crippen molar-refractivity contribution < 1.29 is 5.11 Å². The van der Waals surface area contributed by atoms with Crippen LogP contribution in [0.25, 0.3) is 6.08 Å². The lowest BCUT2D eigenvalue weighted by atomic mass is 9.45. The van der Waals surface area contributed by atoms with E-state index in [2.05, 4.69) is 50.3 Å². The number of hydrogen-bond acceptors (Lipinski definition) is 1. The molecule has 0 bridgehead atoms. The van der Waals surface area contributed by atoms with Crippen molar-refractivity contribution >= 4 is 6.08 Å². The van der Waals surface area contributed by atoms with Gasteiger partial charge in [-0.05, 0) is 85.2 Å². The van der Waals surface area contributed by atoms with Gasteiger partial charge in [0.25, 0.3) is 0 Å². The van der Waals surface area contributed by atoms with Crippen molar-refractivity contribution in [3.8, 4) is 0 Å². The molecule has 4 aliphatic carbocycles. The molecule has 4 saturated carbocycles. The van der Waals surface area contributed by atoms with E-state index in [0.717, 1.165) is 24.2 Å². The summed E-state index contributed by atoms with van der Waals surface area (Å²) in [7, 11) is 0. The van der Waals surface area contributed by atoms with E-state index in [1.807, 2.05) is 0 Å². The molecular weight excluding hydrogens is 328 g/mol. The minimum atomic E-state index is -0.249. The molecule has 0 heterocycles. The van der Waals surface area contributed by atoms with Crippen LogP contribution in [0.2, 0.25) is 0 Å². The van der Waals surface area contributed by atoms with Crippen molar-refractivity contribution in [3.05, 3.63) is 41.5 Å². The SMILES string of the molecule is C[C@]12CCCC[C@@H]1CC[C@@H]1[C@@H]2CC[C@]2(C)[C@@H](O)/C(=C/c3ccccc3)C[C@@H]12. The van der Waals surface area contributed by atoms with Crippen LogP contribution in [0.1, 0.15) is 77.2 Å². The number of rotatable bonds is 1. The van der Waals surface area contributed by atoms with Gasteiger partial charge in [0.2, 0.25) is 0 Å². The first-order valence-electron chi connectivity index (χ1n) is 11.5. The monoisotopic (exact) mass is 364 g/mol. The maximum Gasteiger partial charge on any atom is 0.0809 e. The van der Waals surface area contributed by atoms with Crippen LogP contribution in [-0.2, 0) is 0 Å². The molecule has 0 spiro atoms. The molecule has 1 aromatic rings. The Labute approximate surface area is 165 Å². The zero-order valence-electron chi connectivity index (χ0n) is 17.2. The molecular formula is C26H36O. The van der Waals surface area contributed by atoms with Crippen molar-refractivity contribution in [1.29, 1.82) is 0 Å². The minimum absolute atomic E-state index is 0.0969. The second-order valence-electron chi connectivity index (χ2n) is 10.7. The first-order valence-corrected chi connectivity index (χ1v) is 11.5. The number of aliphatic hydroxyl groups is 1. The van der Waals surface area contributed by atoms with E-state index >= 15 is 0 Å². The Morgan fingerprint density at radius 1 is 0.889 bits per heavy atom. The highest BCUT2D eigenvalue weighted by molar-refractivity contribution is 5.55. The van der Waals surface area contributed by atoms with Crippen LogP contribution in [-0.4, -0.2) is 11.2 Å². The summed E-state index contributed by atoms with van der Waals surface area (Å²) in [6.07, 6.45) is 14.4. The van der Waals surface area contributed by atoms with Crippen molar-refractivity contribution in [2.75, 3.05) is 0 Å². The average molecular weight is 365 g/mol. The number of benzene rings is 1. The number of aliphatic hydroxyl groups excluding tert-OH is 1. The predicted octanol–water partition coefficient (Wildman–Crippen LogP) is 6.47.